The number of anilines is 1. The predicted molar refractivity (Wildman–Crippen MR) is 79.7 cm³/mol. The first-order valence-corrected chi connectivity index (χ1v) is 7.65. The minimum absolute atomic E-state index is 0.145. The molecule has 2 aliphatic rings. The van der Waals surface area contributed by atoms with Gasteiger partial charge in [-0.1, -0.05) is 0 Å². The van der Waals surface area contributed by atoms with Gasteiger partial charge in [-0.3, -0.25) is 9.59 Å². The zero-order valence-corrected chi connectivity index (χ0v) is 12.7. The van der Waals surface area contributed by atoms with Crippen LogP contribution in [0.2, 0.25) is 0 Å². The Morgan fingerprint density at radius 2 is 2.09 bits per heavy atom. The van der Waals surface area contributed by atoms with E-state index in [0.717, 1.165) is 26.0 Å². The molecule has 1 aromatic rings. The summed E-state index contributed by atoms with van der Waals surface area (Å²) < 4.78 is 10.7. The first kappa shape index (κ1) is 15.0. The van der Waals surface area contributed by atoms with Gasteiger partial charge in [0.25, 0.3) is 5.91 Å². The minimum Gasteiger partial charge on any atom is -0.497 e. The quantitative estimate of drug-likeness (QED) is 0.781. The summed E-state index contributed by atoms with van der Waals surface area (Å²) in [5.41, 5.74) is 0.601. The third-order valence-corrected chi connectivity index (χ3v) is 4.22. The highest BCUT2D eigenvalue weighted by atomic mass is 16.5. The van der Waals surface area contributed by atoms with Crippen molar-refractivity contribution in [2.24, 2.45) is 0 Å². The van der Waals surface area contributed by atoms with Gasteiger partial charge in [0, 0.05) is 6.61 Å². The Labute approximate surface area is 129 Å². The summed E-state index contributed by atoms with van der Waals surface area (Å²) in [6.45, 7) is 1.54. The van der Waals surface area contributed by atoms with Crippen LogP contribution in [-0.2, 0) is 14.3 Å². The van der Waals surface area contributed by atoms with E-state index >= 15 is 0 Å². The molecule has 0 aromatic heterocycles. The molecule has 1 aromatic carbocycles. The number of nitrogens with two attached hydrogens (primary N) is 1. The number of nitrogens with zero attached hydrogens (tertiary/aromatic N) is 1. The van der Waals surface area contributed by atoms with Crippen molar-refractivity contribution in [2.75, 3.05) is 25.2 Å². The van der Waals surface area contributed by atoms with Crippen molar-refractivity contribution in [3.05, 3.63) is 24.3 Å². The molecule has 0 radical (unpaired) electrons. The second kappa shape index (κ2) is 6.46. The van der Waals surface area contributed by atoms with Gasteiger partial charge in [-0.2, -0.15) is 0 Å². The smallest absolute Gasteiger partial charge is 0.292 e. The van der Waals surface area contributed by atoms with Crippen LogP contribution in [0, 0.1) is 0 Å². The van der Waals surface area contributed by atoms with Gasteiger partial charge in [-0.25, -0.2) is 4.90 Å². The zero-order chi connectivity index (χ0) is 15.5. The van der Waals surface area contributed by atoms with Gasteiger partial charge in [0.05, 0.1) is 19.2 Å². The Morgan fingerprint density at radius 1 is 1.32 bits per heavy atom. The standard InChI is InChI=1S/C16H20N2O4/c1-21-12-6-4-11(5-7-12)18-15(19)9-14(16(18)20)17-10-13-3-2-8-22-13/h4-7,13-14,17H,2-3,8-10H2,1H3/p+1/t13-,14+/m0/s1. The molecule has 2 N–H and O–H groups in total. The van der Waals surface area contributed by atoms with Crippen LogP contribution < -0.4 is 15.0 Å². The number of imide groups is 1. The van der Waals surface area contributed by atoms with Crippen LogP contribution in [0.25, 0.3) is 0 Å². The maximum Gasteiger partial charge on any atom is 0.292 e. The van der Waals surface area contributed by atoms with E-state index in [1.54, 1.807) is 31.4 Å². The van der Waals surface area contributed by atoms with E-state index in [9.17, 15) is 9.59 Å². The monoisotopic (exact) mass is 305 g/mol. The van der Waals surface area contributed by atoms with E-state index in [2.05, 4.69) is 0 Å². The molecule has 2 aliphatic heterocycles. The Balaban J connectivity index is 1.65. The summed E-state index contributed by atoms with van der Waals surface area (Å²) in [5.74, 6) is 0.404. The van der Waals surface area contributed by atoms with E-state index in [0.29, 0.717) is 11.4 Å². The molecule has 0 bridgehead atoms. The minimum atomic E-state index is -0.334. The number of carbonyl (C=O) groups is 2. The van der Waals surface area contributed by atoms with E-state index in [1.807, 2.05) is 5.32 Å². The summed E-state index contributed by atoms with van der Waals surface area (Å²) in [5, 5.41) is 1.94. The van der Waals surface area contributed by atoms with Gasteiger partial charge in [-0.05, 0) is 37.1 Å². The lowest BCUT2D eigenvalue weighted by atomic mass is 10.2. The molecular formula is C16H21N2O4+. The molecule has 2 atom stereocenters. The third kappa shape index (κ3) is 2.98. The van der Waals surface area contributed by atoms with Crippen molar-refractivity contribution in [3.8, 4) is 5.75 Å². The fourth-order valence-corrected chi connectivity index (χ4v) is 2.99. The molecule has 22 heavy (non-hydrogen) atoms. The molecule has 0 aliphatic carbocycles. The van der Waals surface area contributed by atoms with E-state index < -0.39 is 0 Å². The second-order valence-corrected chi connectivity index (χ2v) is 5.68. The van der Waals surface area contributed by atoms with Crippen molar-refractivity contribution in [2.45, 2.75) is 31.4 Å². The lowest BCUT2D eigenvalue weighted by Crippen LogP contribution is -2.93. The zero-order valence-electron chi connectivity index (χ0n) is 12.7. The number of hydrogen-bond acceptors (Lipinski definition) is 4. The Morgan fingerprint density at radius 3 is 2.73 bits per heavy atom. The molecule has 3 rings (SSSR count). The Bertz CT molecular complexity index is 552. The molecular weight excluding hydrogens is 284 g/mol. The molecule has 0 spiro atoms. The van der Waals surface area contributed by atoms with Gasteiger partial charge in [0.1, 0.15) is 18.4 Å². The number of quaternary nitrogens is 1. The van der Waals surface area contributed by atoms with E-state index in [-0.39, 0.29) is 30.4 Å². The van der Waals surface area contributed by atoms with E-state index in [4.69, 9.17) is 9.47 Å². The van der Waals surface area contributed by atoms with Gasteiger partial charge in [0.2, 0.25) is 5.91 Å². The molecule has 0 unspecified atom stereocenters. The van der Waals surface area contributed by atoms with Crippen LogP contribution in [0.3, 0.4) is 0 Å². The number of hydrogen-bond donors (Lipinski definition) is 1. The van der Waals surface area contributed by atoms with Crippen LogP contribution >= 0.6 is 0 Å². The fraction of sp³-hybridized carbons (Fsp3) is 0.500. The number of rotatable bonds is 5. The molecule has 6 heteroatoms. The summed E-state index contributed by atoms with van der Waals surface area (Å²) in [7, 11) is 1.58. The van der Waals surface area contributed by atoms with Crippen molar-refractivity contribution >= 4 is 17.5 Å². The van der Waals surface area contributed by atoms with Crippen LogP contribution in [0.15, 0.2) is 24.3 Å². The third-order valence-electron chi connectivity index (χ3n) is 4.22. The van der Waals surface area contributed by atoms with Gasteiger partial charge >= 0.3 is 0 Å². The molecule has 118 valence electrons. The van der Waals surface area contributed by atoms with Crippen molar-refractivity contribution in [3.63, 3.8) is 0 Å². The Kier molecular flexibility index (Phi) is 4.40. The van der Waals surface area contributed by atoms with Crippen LogP contribution in [0.4, 0.5) is 5.69 Å². The molecule has 6 nitrogen and oxygen atoms in total. The van der Waals surface area contributed by atoms with Gasteiger partial charge in [-0.15, -0.1) is 0 Å². The predicted octanol–water partition coefficient (Wildman–Crippen LogP) is 0.0695. The number of amides is 2. The summed E-state index contributed by atoms with van der Waals surface area (Å²) in [4.78, 5) is 25.9. The average Bonchev–Trinajstić information content (AvgIpc) is 3.14. The highest BCUT2D eigenvalue weighted by Crippen LogP contribution is 2.24. The SMILES string of the molecule is COc1ccc(N2C(=O)C[C@@H]([NH2+]C[C@@H]3CCCO3)C2=O)cc1. The summed E-state index contributed by atoms with van der Waals surface area (Å²) in [6.07, 6.45) is 2.57. The second-order valence-electron chi connectivity index (χ2n) is 5.68. The maximum atomic E-state index is 12.5. The molecule has 0 saturated carbocycles. The average molecular weight is 305 g/mol. The van der Waals surface area contributed by atoms with Crippen molar-refractivity contribution in [1.82, 2.24) is 0 Å². The molecule has 2 saturated heterocycles. The van der Waals surface area contributed by atoms with Crippen molar-refractivity contribution < 1.29 is 24.4 Å². The number of carbonyl (C=O) groups excluding carboxylic acids is 2. The molecule has 2 fully saturated rings. The lowest BCUT2D eigenvalue weighted by Gasteiger charge is -2.15. The van der Waals surface area contributed by atoms with E-state index in [1.165, 1.54) is 4.90 Å². The molecule has 2 heterocycles. The van der Waals surface area contributed by atoms with Gasteiger partial charge < -0.3 is 14.8 Å². The number of benzene rings is 1. The van der Waals surface area contributed by atoms with Crippen LogP contribution in [0.5, 0.6) is 5.75 Å². The van der Waals surface area contributed by atoms with Crippen LogP contribution in [-0.4, -0.2) is 44.2 Å². The van der Waals surface area contributed by atoms with Gasteiger partial charge in [0.15, 0.2) is 6.04 Å². The largest absolute Gasteiger partial charge is 0.497 e. The summed E-state index contributed by atoms with van der Waals surface area (Å²) >= 11 is 0. The Hall–Kier alpha value is -1.92. The van der Waals surface area contributed by atoms with Crippen LogP contribution in [0.1, 0.15) is 19.3 Å². The number of ether oxygens (including phenoxy) is 2. The lowest BCUT2D eigenvalue weighted by molar-refractivity contribution is -0.680. The highest BCUT2D eigenvalue weighted by molar-refractivity contribution is 6.21. The normalized spacial score (nSPS) is 25.0. The maximum absolute atomic E-state index is 12.5. The van der Waals surface area contributed by atoms with Crippen molar-refractivity contribution in [1.29, 1.82) is 0 Å². The first-order chi connectivity index (χ1) is 10.7. The molecule has 2 amide bonds. The highest BCUT2D eigenvalue weighted by Gasteiger charge is 2.42. The topological polar surface area (TPSA) is 72.4 Å². The fourth-order valence-electron chi connectivity index (χ4n) is 2.99. The first-order valence-electron chi connectivity index (χ1n) is 7.65. The number of methoxy groups -OCH3 is 1. The summed E-state index contributed by atoms with van der Waals surface area (Å²) in [6, 6.07) is 6.63.